The number of hydrogen-bond acceptors (Lipinski definition) is 4. The number of carbonyl (C=O) groups is 2. The molecule has 0 N–H and O–H groups in total. The van der Waals surface area contributed by atoms with Crippen LogP contribution in [0.5, 0.6) is 0 Å². The Morgan fingerprint density at radius 1 is 0.878 bits per heavy atom. The first kappa shape index (κ1) is 25.2. The number of hydrogen-bond donors (Lipinski definition) is 0. The predicted molar refractivity (Wildman–Crippen MR) is 153 cm³/mol. The van der Waals surface area contributed by atoms with Crippen molar-refractivity contribution >= 4 is 40.1 Å². The van der Waals surface area contributed by atoms with E-state index in [4.69, 9.17) is 16.0 Å². The lowest BCUT2D eigenvalue weighted by Crippen LogP contribution is -2.53. The molecule has 7 rings (SSSR count). The van der Waals surface area contributed by atoms with Gasteiger partial charge in [-0.05, 0) is 48.4 Å². The molecule has 8 heteroatoms. The van der Waals surface area contributed by atoms with Gasteiger partial charge in [0.2, 0.25) is 5.76 Å². The normalized spacial score (nSPS) is 17.5. The summed E-state index contributed by atoms with van der Waals surface area (Å²) >= 11 is 6.52. The first-order valence-electron chi connectivity index (χ1n) is 13.1. The van der Waals surface area contributed by atoms with Crippen molar-refractivity contribution in [1.82, 2.24) is 4.90 Å². The number of rotatable bonds is 4. The fourth-order valence-corrected chi connectivity index (χ4v) is 6.21. The van der Waals surface area contributed by atoms with E-state index in [0.29, 0.717) is 21.8 Å². The van der Waals surface area contributed by atoms with E-state index in [1.165, 1.54) is 11.0 Å². The molecule has 0 bridgehead atoms. The van der Waals surface area contributed by atoms with E-state index in [-0.39, 0.29) is 35.4 Å². The van der Waals surface area contributed by atoms with Gasteiger partial charge in [-0.2, -0.15) is 0 Å². The van der Waals surface area contributed by atoms with Gasteiger partial charge >= 0.3 is 0 Å². The Bertz CT molecular complexity index is 1970. The Balaban J connectivity index is 1.52. The van der Waals surface area contributed by atoms with Crippen molar-refractivity contribution in [3.8, 4) is 0 Å². The summed E-state index contributed by atoms with van der Waals surface area (Å²) in [6, 6.07) is 25.5. The lowest BCUT2D eigenvalue weighted by molar-refractivity contribution is -0.126. The largest absolute Gasteiger partial charge is 0.450 e. The van der Waals surface area contributed by atoms with E-state index in [2.05, 4.69) is 0 Å². The molecule has 202 valence electrons. The summed E-state index contributed by atoms with van der Waals surface area (Å²) in [4.78, 5) is 46.2. The summed E-state index contributed by atoms with van der Waals surface area (Å²) < 4.78 is 20.3. The summed E-state index contributed by atoms with van der Waals surface area (Å²) in [7, 11) is 0. The summed E-state index contributed by atoms with van der Waals surface area (Å²) in [6.07, 6.45) is 0. The Hall–Kier alpha value is -4.75. The number of nitrogens with zero attached hydrogens (tertiary/aromatic N) is 2. The SMILES string of the molecule is Cc1ccc(CN2C(=O)C3(c4ccccc42)c2c(oc4ccc(F)cc4c2=O)C(=O)N3Cc2ccccc2Cl)cc1. The summed E-state index contributed by atoms with van der Waals surface area (Å²) in [6.45, 7) is 2.13. The topological polar surface area (TPSA) is 70.8 Å². The van der Waals surface area contributed by atoms with Crippen molar-refractivity contribution in [2.45, 2.75) is 25.6 Å². The molecule has 1 atom stereocenters. The molecule has 3 heterocycles. The van der Waals surface area contributed by atoms with Crippen LogP contribution in [0.3, 0.4) is 0 Å². The molecule has 0 fully saturated rings. The van der Waals surface area contributed by atoms with Gasteiger partial charge in [0.1, 0.15) is 11.4 Å². The molecule has 0 aliphatic carbocycles. The molecule has 6 nitrogen and oxygen atoms in total. The average Bonchev–Trinajstić information content (AvgIpc) is 3.36. The van der Waals surface area contributed by atoms with Gasteiger partial charge in [-0.3, -0.25) is 14.4 Å². The van der Waals surface area contributed by atoms with E-state index in [9.17, 15) is 18.8 Å². The van der Waals surface area contributed by atoms with Crippen molar-refractivity contribution in [3.05, 3.63) is 146 Å². The third-order valence-corrected chi connectivity index (χ3v) is 8.31. The first-order chi connectivity index (χ1) is 19.8. The van der Waals surface area contributed by atoms with Gasteiger partial charge < -0.3 is 14.2 Å². The Morgan fingerprint density at radius 3 is 2.39 bits per heavy atom. The van der Waals surface area contributed by atoms with Crippen LogP contribution in [0, 0.1) is 12.7 Å². The third kappa shape index (κ3) is 3.59. The van der Waals surface area contributed by atoms with Crippen LogP contribution in [0.1, 0.15) is 38.4 Å². The second kappa shape index (κ2) is 9.14. The van der Waals surface area contributed by atoms with Crippen LogP contribution in [0.4, 0.5) is 10.1 Å². The van der Waals surface area contributed by atoms with Crippen molar-refractivity contribution in [2.24, 2.45) is 0 Å². The highest BCUT2D eigenvalue weighted by atomic mass is 35.5. The highest BCUT2D eigenvalue weighted by Gasteiger charge is 2.65. The van der Waals surface area contributed by atoms with Crippen molar-refractivity contribution < 1.29 is 18.4 Å². The van der Waals surface area contributed by atoms with E-state index >= 15 is 0 Å². The molecule has 2 amide bonds. The Labute approximate surface area is 239 Å². The molecule has 2 aliphatic rings. The first-order valence-corrected chi connectivity index (χ1v) is 13.5. The summed E-state index contributed by atoms with van der Waals surface area (Å²) in [5.41, 5.74) is 1.08. The molecule has 1 aromatic heterocycles. The van der Waals surface area contributed by atoms with Gasteiger partial charge in [-0.1, -0.05) is 77.8 Å². The molecule has 2 aliphatic heterocycles. The number of anilines is 1. The fraction of sp³-hybridized carbons (Fsp3) is 0.121. The molecule has 0 saturated carbocycles. The van der Waals surface area contributed by atoms with Crippen LogP contribution >= 0.6 is 11.6 Å². The van der Waals surface area contributed by atoms with Gasteiger partial charge in [0.25, 0.3) is 11.8 Å². The monoisotopic (exact) mass is 564 g/mol. The van der Waals surface area contributed by atoms with Gasteiger partial charge in [0, 0.05) is 17.1 Å². The minimum Gasteiger partial charge on any atom is -0.450 e. The average molecular weight is 565 g/mol. The van der Waals surface area contributed by atoms with Crippen LogP contribution < -0.4 is 10.3 Å². The number of carbonyl (C=O) groups excluding carboxylic acids is 2. The molecule has 5 aromatic rings. The number of amides is 2. The minimum atomic E-state index is -1.84. The van der Waals surface area contributed by atoms with Crippen LogP contribution in [0.2, 0.25) is 5.02 Å². The van der Waals surface area contributed by atoms with E-state index < -0.39 is 28.6 Å². The minimum absolute atomic E-state index is 0.0437. The van der Waals surface area contributed by atoms with Crippen molar-refractivity contribution in [1.29, 1.82) is 0 Å². The standard InChI is InChI=1S/C33H22ClFN2O4/c1-19-10-12-20(13-11-19)17-36-26-9-5-3-7-24(26)33(32(36)40)28-29(38)23-16-22(35)14-15-27(23)41-30(28)31(39)37(33)18-21-6-2-4-8-25(21)34/h2-16H,17-18H2,1H3. The zero-order valence-electron chi connectivity index (χ0n) is 21.9. The van der Waals surface area contributed by atoms with E-state index in [0.717, 1.165) is 23.3 Å². The van der Waals surface area contributed by atoms with Crippen LogP contribution in [0.25, 0.3) is 11.0 Å². The lowest BCUT2D eigenvalue weighted by atomic mass is 9.83. The Morgan fingerprint density at radius 2 is 1.61 bits per heavy atom. The quantitative estimate of drug-likeness (QED) is 0.255. The van der Waals surface area contributed by atoms with Gasteiger partial charge in [0.05, 0.1) is 23.2 Å². The molecule has 41 heavy (non-hydrogen) atoms. The second-order valence-electron chi connectivity index (χ2n) is 10.4. The smallest absolute Gasteiger partial charge is 0.291 e. The zero-order valence-corrected chi connectivity index (χ0v) is 22.6. The molecule has 4 aromatic carbocycles. The van der Waals surface area contributed by atoms with Crippen LogP contribution in [0.15, 0.2) is 100 Å². The van der Waals surface area contributed by atoms with Gasteiger partial charge in [0.15, 0.2) is 11.0 Å². The number of benzene rings is 4. The summed E-state index contributed by atoms with van der Waals surface area (Å²) in [5.74, 6) is -1.96. The maximum atomic E-state index is 14.9. The fourth-order valence-electron chi connectivity index (χ4n) is 6.01. The lowest BCUT2D eigenvalue weighted by Gasteiger charge is -2.34. The maximum Gasteiger partial charge on any atom is 0.291 e. The van der Waals surface area contributed by atoms with Crippen molar-refractivity contribution in [2.75, 3.05) is 4.90 Å². The van der Waals surface area contributed by atoms with Gasteiger partial charge in [-0.15, -0.1) is 0 Å². The Kier molecular flexibility index (Phi) is 5.63. The zero-order chi connectivity index (χ0) is 28.5. The van der Waals surface area contributed by atoms with Crippen LogP contribution in [-0.2, 0) is 23.4 Å². The summed E-state index contributed by atoms with van der Waals surface area (Å²) in [5, 5.41) is 0.367. The highest BCUT2D eigenvalue weighted by Crippen LogP contribution is 2.53. The van der Waals surface area contributed by atoms with E-state index in [1.54, 1.807) is 47.4 Å². The number of aryl methyl sites for hydroxylation is 1. The number of fused-ring (bicyclic) bond motifs is 5. The predicted octanol–water partition coefficient (Wildman–Crippen LogP) is 6.34. The molecular weight excluding hydrogens is 543 g/mol. The van der Waals surface area contributed by atoms with Crippen LogP contribution in [-0.4, -0.2) is 16.7 Å². The van der Waals surface area contributed by atoms with Crippen molar-refractivity contribution in [3.63, 3.8) is 0 Å². The third-order valence-electron chi connectivity index (χ3n) is 7.95. The van der Waals surface area contributed by atoms with Gasteiger partial charge in [-0.25, -0.2) is 4.39 Å². The molecular formula is C33H22ClFN2O4. The molecule has 1 unspecified atom stereocenters. The molecule has 1 spiro atoms. The molecule has 0 radical (unpaired) electrons. The van der Waals surface area contributed by atoms with E-state index in [1.807, 2.05) is 37.3 Å². The highest BCUT2D eigenvalue weighted by molar-refractivity contribution is 6.31. The number of halogens is 2. The number of para-hydroxylation sites is 1. The maximum absolute atomic E-state index is 14.9. The second-order valence-corrected chi connectivity index (χ2v) is 10.8. The molecule has 0 saturated heterocycles.